The van der Waals surface area contributed by atoms with Gasteiger partial charge in [-0.3, -0.25) is 4.79 Å². The van der Waals surface area contributed by atoms with Crippen LogP contribution in [0.1, 0.15) is 18.4 Å². The van der Waals surface area contributed by atoms with Gasteiger partial charge in [-0.15, -0.1) is 0 Å². The zero-order valence-corrected chi connectivity index (χ0v) is 10.4. The first-order valence-corrected chi connectivity index (χ1v) is 6.14. The Morgan fingerprint density at radius 3 is 3.12 bits per heavy atom. The van der Waals surface area contributed by atoms with E-state index in [2.05, 4.69) is 15.9 Å². The Bertz CT molecular complexity index is 458. The zero-order chi connectivity index (χ0) is 11.3. The second kappa shape index (κ2) is 3.48. The van der Waals surface area contributed by atoms with Gasteiger partial charge >= 0.3 is 5.97 Å². The molecule has 84 valence electrons. The lowest BCUT2D eigenvalue weighted by molar-refractivity contribution is -0.145. The van der Waals surface area contributed by atoms with Crippen molar-refractivity contribution in [1.29, 1.82) is 0 Å². The summed E-state index contributed by atoms with van der Waals surface area (Å²) in [5, 5.41) is 0. The number of rotatable bonds is 2. The van der Waals surface area contributed by atoms with Crippen molar-refractivity contribution >= 4 is 21.9 Å². The molecular formula is C12H11BrO3. The molecule has 0 unspecified atom stereocenters. The van der Waals surface area contributed by atoms with Gasteiger partial charge in [0.25, 0.3) is 0 Å². The van der Waals surface area contributed by atoms with E-state index in [9.17, 15) is 4.79 Å². The first-order valence-electron chi connectivity index (χ1n) is 5.35. The molecule has 2 aliphatic rings. The van der Waals surface area contributed by atoms with Gasteiger partial charge in [0.05, 0.1) is 6.61 Å². The lowest BCUT2D eigenvalue weighted by atomic mass is 10.1. The molecule has 1 aromatic carbocycles. The van der Waals surface area contributed by atoms with Crippen LogP contribution >= 0.6 is 15.9 Å². The summed E-state index contributed by atoms with van der Waals surface area (Å²) in [4.78, 5) is 11.6. The molecule has 0 amide bonds. The van der Waals surface area contributed by atoms with Crippen molar-refractivity contribution in [2.45, 2.75) is 18.9 Å². The van der Waals surface area contributed by atoms with Crippen LogP contribution in [-0.4, -0.2) is 18.7 Å². The molecule has 0 N–H and O–H groups in total. The van der Waals surface area contributed by atoms with Crippen LogP contribution < -0.4 is 4.74 Å². The van der Waals surface area contributed by atoms with Crippen molar-refractivity contribution in [2.24, 2.45) is 5.92 Å². The minimum atomic E-state index is -0.133. The maximum Gasteiger partial charge on any atom is 0.313 e. The number of fused-ring (bicyclic) bond motifs is 3. The molecule has 0 aromatic heterocycles. The molecule has 0 bridgehead atoms. The summed E-state index contributed by atoms with van der Waals surface area (Å²) in [5.74, 6) is 0.881. The fourth-order valence-corrected chi connectivity index (χ4v) is 2.69. The lowest BCUT2D eigenvalue weighted by Gasteiger charge is -2.08. The summed E-state index contributed by atoms with van der Waals surface area (Å²) in [6, 6.07) is 5.94. The second-order valence-electron chi connectivity index (χ2n) is 4.07. The van der Waals surface area contributed by atoms with E-state index in [1.165, 1.54) is 0 Å². The monoisotopic (exact) mass is 282 g/mol. The molecule has 3 rings (SSSR count). The average Bonchev–Trinajstić information content (AvgIpc) is 2.82. The van der Waals surface area contributed by atoms with Gasteiger partial charge in [-0.2, -0.15) is 0 Å². The molecule has 3 atom stereocenters. The van der Waals surface area contributed by atoms with Crippen molar-refractivity contribution in [3.63, 3.8) is 0 Å². The quantitative estimate of drug-likeness (QED) is 0.782. The topological polar surface area (TPSA) is 35.5 Å². The van der Waals surface area contributed by atoms with Crippen molar-refractivity contribution in [2.75, 3.05) is 6.61 Å². The number of hydrogen-bond donors (Lipinski definition) is 0. The SMILES string of the molecule is CCOC(=O)[C@H]1[C@@H]2Oc3cc(Br)ccc3[C@@H]21. The number of ether oxygens (including phenoxy) is 2. The summed E-state index contributed by atoms with van der Waals surface area (Å²) < 4.78 is 11.7. The number of benzene rings is 1. The Morgan fingerprint density at radius 1 is 1.56 bits per heavy atom. The summed E-state index contributed by atoms with van der Waals surface area (Å²) in [6.45, 7) is 2.25. The van der Waals surface area contributed by atoms with Gasteiger partial charge in [0.2, 0.25) is 0 Å². The standard InChI is InChI=1S/C12H11BrO3/c1-2-15-12(14)10-9-7-4-3-6(13)5-8(7)16-11(9)10/h3-5,9-11H,2H2,1H3/t9-,10-,11-/m1/s1. The minimum Gasteiger partial charge on any atom is -0.488 e. The van der Waals surface area contributed by atoms with Gasteiger partial charge < -0.3 is 9.47 Å². The van der Waals surface area contributed by atoms with Gasteiger partial charge in [0, 0.05) is 16.0 Å². The van der Waals surface area contributed by atoms with Crippen LogP contribution in [0.2, 0.25) is 0 Å². The Balaban J connectivity index is 1.82. The predicted molar refractivity (Wildman–Crippen MR) is 61.4 cm³/mol. The van der Waals surface area contributed by atoms with Gasteiger partial charge in [-0.1, -0.05) is 22.0 Å². The van der Waals surface area contributed by atoms with Crippen LogP contribution in [0, 0.1) is 5.92 Å². The van der Waals surface area contributed by atoms with Gasteiger partial charge in [0.1, 0.15) is 17.8 Å². The molecule has 3 nitrogen and oxygen atoms in total. The first-order chi connectivity index (χ1) is 7.72. The molecule has 1 aromatic rings. The highest BCUT2D eigenvalue weighted by molar-refractivity contribution is 9.10. The van der Waals surface area contributed by atoms with E-state index in [0.717, 1.165) is 15.8 Å². The van der Waals surface area contributed by atoms with Crippen LogP contribution in [0.25, 0.3) is 0 Å². The second-order valence-corrected chi connectivity index (χ2v) is 4.98. The van der Waals surface area contributed by atoms with E-state index in [4.69, 9.17) is 9.47 Å². The van der Waals surface area contributed by atoms with E-state index < -0.39 is 0 Å². The van der Waals surface area contributed by atoms with Gasteiger partial charge in [-0.05, 0) is 19.1 Å². The molecule has 0 spiro atoms. The van der Waals surface area contributed by atoms with Crippen LogP contribution in [0.4, 0.5) is 0 Å². The van der Waals surface area contributed by atoms with Crippen molar-refractivity contribution in [3.8, 4) is 5.75 Å². The molecule has 4 heteroatoms. The summed E-state index contributed by atoms with van der Waals surface area (Å²) >= 11 is 3.40. The largest absolute Gasteiger partial charge is 0.488 e. The summed E-state index contributed by atoms with van der Waals surface area (Å²) in [7, 11) is 0. The molecule has 1 aliphatic carbocycles. The fourth-order valence-electron chi connectivity index (χ4n) is 2.35. The number of carbonyl (C=O) groups excluding carboxylic acids is 1. The average molecular weight is 283 g/mol. The highest BCUT2D eigenvalue weighted by Gasteiger charge is 2.63. The first kappa shape index (κ1) is 10.1. The molecule has 1 aliphatic heterocycles. The van der Waals surface area contributed by atoms with Crippen LogP contribution in [0.3, 0.4) is 0 Å². The molecule has 1 fully saturated rings. The maximum atomic E-state index is 11.6. The van der Waals surface area contributed by atoms with E-state index in [1.807, 2.05) is 25.1 Å². The van der Waals surface area contributed by atoms with E-state index >= 15 is 0 Å². The summed E-state index contributed by atoms with van der Waals surface area (Å²) in [5.41, 5.74) is 1.13. The minimum absolute atomic E-state index is 0.00310. The Kier molecular flexibility index (Phi) is 2.21. The van der Waals surface area contributed by atoms with Crippen molar-refractivity contribution < 1.29 is 14.3 Å². The highest BCUT2D eigenvalue weighted by atomic mass is 79.9. The van der Waals surface area contributed by atoms with E-state index in [1.54, 1.807) is 0 Å². The molecule has 1 heterocycles. The van der Waals surface area contributed by atoms with Gasteiger partial charge in [0.15, 0.2) is 0 Å². The number of carbonyl (C=O) groups is 1. The van der Waals surface area contributed by atoms with E-state index in [0.29, 0.717) is 6.61 Å². The Morgan fingerprint density at radius 2 is 2.38 bits per heavy atom. The summed E-state index contributed by atoms with van der Waals surface area (Å²) in [6.07, 6.45) is 0.00310. The van der Waals surface area contributed by atoms with E-state index in [-0.39, 0.29) is 23.9 Å². The molecular weight excluding hydrogens is 272 g/mol. The third kappa shape index (κ3) is 1.36. The van der Waals surface area contributed by atoms with Crippen molar-refractivity contribution in [3.05, 3.63) is 28.2 Å². The molecule has 0 saturated heterocycles. The molecule has 16 heavy (non-hydrogen) atoms. The maximum absolute atomic E-state index is 11.6. The number of hydrogen-bond acceptors (Lipinski definition) is 3. The number of halogens is 1. The van der Waals surface area contributed by atoms with Crippen LogP contribution in [0.15, 0.2) is 22.7 Å². The molecule has 0 radical (unpaired) electrons. The zero-order valence-electron chi connectivity index (χ0n) is 8.77. The fraction of sp³-hybridized carbons (Fsp3) is 0.417. The highest BCUT2D eigenvalue weighted by Crippen LogP contribution is 2.58. The van der Waals surface area contributed by atoms with Crippen LogP contribution in [0.5, 0.6) is 5.75 Å². The molecule has 1 saturated carbocycles. The third-order valence-electron chi connectivity index (χ3n) is 3.11. The van der Waals surface area contributed by atoms with Crippen molar-refractivity contribution in [1.82, 2.24) is 0 Å². The Labute approximate surface area is 102 Å². The number of esters is 1. The Hall–Kier alpha value is -1.03. The predicted octanol–water partition coefficient (Wildman–Crippen LogP) is 2.49. The van der Waals surface area contributed by atoms with Gasteiger partial charge in [-0.25, -0.2) is 0 Å². The van der Waals surface area contributed by atoms with Crippen LogP contribution in [-0.2, 0) is 9.53 Å². The third-order valence-corrected chi connectivity index (χ3v) is 3.60. The smallest absolute Gasteiger partial charge is 0.313 e. The normalized spacial score (nSPS) is 29.0. The lowest BCUT2D eigenvalue weighted by Crippen LogP contribution is -2.13.